The molecule has 1 aromatic heterocycles. The second-order valence-corrected chi connectivity index (χ2v) is 17.3. The van der Waals surface area contributed by atoms with Gasteiger partial charge in [-0.15, -0.1) is 5.54 Å². The van der Waals surface area contributed by atoms with E-state index in [1.165, 1.54) is 59.3 Å². The predicted octanol–water partition coefficient (Wildman–Crippen LogP) is 10.8. The van der Waals surface area contributed by atoms with E-state index in [1.807, 2.05) is 0 Å². The van der Waals surface area contributed by atoms with Crippen LogP contribution in [-0.4, -0.2) is 12.6 Å². The zero-order valence-electron chi connectivity index (χ0n) is 29.7. The SMILES string of the molecule is C(#C[Si](c1ccccc1)(c1ccccc1)c1ccccc1)c1c2ccccc2c(-c2cccc(-n3c4ccccc4c4ccccc43)c2)c2ccccc12. The normalized spacial score (nSPS) is 11.6. The molecule has 0 radical (unpaired) electrons. The molecule has 54 heavy (non-hydrogen) atoms. The lowest BCUT2D eigenvalue weighted by Gasteiger charge is -2.28. The summed E-state index contributed by atoms with van der Waals surface area (Å²) in [5, 5.41) is 11.1. The summed E-state index contributed by atoms with van der Waals surface area (Å²) in [5.74, 6) is 3.93. The smallest absolute Gasteiger partial charge is 0.230 e. The molecule has 0 bridgehead atoms. The fraction of sp³-hybridized carbons (Fsp3) is 0. The van der Waals surface area contributed by atoms with Crippen LogP contribution in [0.2, 0.25) is 0 Å². The summed E-state index contributed by atoms with van der Waals surface area (Å²) in [6.45, 7) is 0. The number of hydrogen-bond donors (Lipinski definition) is 0. The van der Waals surface area contributed by atoms with Crippen molar-refractivity contribution < 1.29 is 0 Å². The Morgan fingerprint density at radius 3 is 1.24 bits per heavy atom. The van der Waals surface area contributed by atoms with E-state index in [2.05, 4.69) is 228 Å². The van der Waals surface area contributed by atoms with Gasteiger partial charge >= 0.3 is 0 Å². The van der Waals surface area contributed by atoms with Crippen LogP contribution < -0.4 is 15.6 Å². The van der Waals surface area contributed by atoms with Gasteiger partial charge in [0.15, 0.2) is 0 Å². The van der Waals surface area contributed by atoms with Crippen LogP contribution in [0.5, 0.6) is 0 Å². The average molecular weight is 702 g/mol. The Morgan fingerprint density at radius 2 is 0.759 bits per heavy atom. The summed E-state index contributed by atoms with van der Waals surface area (Å²) in [4.78, 5) is 0. The van der Waals surface area contributed by atoms with Crippen LogP contribution >= 0.6 is 0 Å². The lowest BCUT2D eigenvalue weighted by atomic mass is 9.88. The molecule has 0 spiro atoms. The largest absolute Gasteiger partial charge is 0.309 e. The van der Waals surface area contributed by atoms with Gasteiger partial charge in [0.2, 0.25) is 8.07 Å². The van der Waals surface area contributed by atoms with Crippen molar-refractivity contribution in [2.24, 2.45) is 0 Å². The lowest BCUT2D eigenvalue weighted by molar-refractivity contribution is 1.18. The summed E-state index contributed by atoms with van der Waals surface area (Å²) < 4.78 is 2.40. The summed E-state index contributed by atoms with van der Waals surface area (Å²) in [6, 6.07) is 76.9. The van der Waals surface area contributed by atoms with E-state index in [0.717, 1.165) is 22.0 Å². The van der Waals surface area contributed by atoms with Crippen LogP contribution in [0.15, 0.2) is 212 Å². The first-order chi connectivity index (χ1) is 26.8. The quantitative estimate of drug-likeness (QED) is 0.0729. The third-order valence-corrected chi connectivity index (χ3v) is 15.0. The molecule has 10 rings (SSSR count). The van der Waals surface area contributed by atoms with E-state index in [1.54, 1.807) is 0 Å². The number of rotatable bonds is 5. The van der Waals surface area contributed by atoms with Gasteiger partial charge in [0.25, 0.3) is 0 Å². The molecular weight excluding hydrogens is 667 g/mol. The Bertz CT molecular complexity index is 2830. The van der Waals surface area contributed by atoms with Gasteiger partial charge in [0.1, 0.15) is 0 Å². The molecule has 0 saturated carbocycles. The highest BCUT2D eigenvalue weighted by Crippen LogP contribution is 2.40. The number of fused-ring (bicyclic) bond motifs is 5. The van der Waals surface area contributed by atoms with Gasteiger partial charge < -0.3 is 4.57 Å². The fourth-order valence-electron chi connectivity index (χ4n) is 8.51. The van der Waals surface area contributed by atoms with Gasteiger partial charge in [0, 0.05) is 22.0 Å². The molecule has 0 amide bonds. The highest BCUT2D eigenvalue weighted by molar-refractivity contribution is 7.16. The number of aromatic nitrogens is 1. The van der Waals surface area contributed by atoms with Crippen LogP contribution in [0.25, 0.3) is 60.2 Å². The zero-order valence-corrected chi connectivity index (χ0v) is 30.7. The van der Waals surface area contributed by atoms with Gasteiger partial charge in [0.05, 0.1) is 11.0 Å². The maximum absolute atomic E-state index is 4.09. The molecule has 252 valence electrons. The molecule has 0 unspecified atom stereocenters. The van der Waals surface area contributed by atoms with E-state index >= 15 is 0 Å². The number of hydrogen-bond acceptors (Lipinski definition) is 0. The molecule has 10 aromatic rings. The van der Waals surface area contributed by atoms with Gasteiger partial charge in [-0.05, 0) is 72.5 Å². The summed E-state index contributed by atoms with van der Waals surface area (Å²) in [7, 11) is -2.81. The number of benzene rings is 9. The molecule has 0 atom stereocenters. The molecule has 0 fully saturated rings. The Kier molecular flexibility index (Phi) is 7.80. The monoisotopic (exact) mass is 701 g/mol. The minimum absolute atomic E-state index is 1.07. The Labute approximate surface area is 316 Å². The molecule has 9 aromatic carbocycles. The van der Waals surface area contributed by atoms with Crippen LogP contribution in [-0.2, 0) is 0 Å². The Morgan fingerprint density at radius 1 is 0.352 bits per heavy atom. The molecule has 0 aliphatic carbocycles. The van der Waals surface area contributed by atoms with Gasteiger partial charge in [-0.1, -0.05) is 194 Å². The van der Waals surface area contributed by atoms with Gasteiger partial charge in [-0.25, -0.2) is 0 Å². The molecule has 0 aliphatic rings. The van der Waals surface area contributed by atoms with Crippen molar-refractivity contribution in [1.82, 2.24) is 4.57 Å². The topological polar surface area (TPSA) is 4.93 Å². The minimum Gasteiger partial charge on any atom is -0.309 e. The highest BCUT2D eigenvalue weighted by atomic mass is 28.3. The van der Waals surface area contributed by atoms with Crippen molar-refractivity contribution in [2.45, 2.75) is 0 Å². The number of nitrogens with zero attached hydrogens (tertiary/aromatic N) is 1. The second-order valence-electron chi connectivity index (χ2n) is 13.9. The summed E-state index contributed by atoms with van der Waals surface area (Å²) in [6.07, 6.45) is 0. The maximum atomic E-state index is 4.09. The van der Waals surface area contributed by atoms with Crippen molar-refractivity contribution in [2.75, 3.05) is 0 Å². The zero-order chi connectivity index (χ0) is 35.9. The van der Waals surface area contributed by atoms with Crippen molar-refractivity contribution in [3.8, 4) is 28.3 Å². The molecule has 0 aliphatic heterocycles. The minimum atomic E-state index is -2.81. The van der Waals surface area contributed by atoms with E-state index in [9.17, 15) is 0 Å². The predicted molar refractivity (Wildman–Crippen MR) is 232 cm³/mol. The Balaban J connectivity index is 1.24. The Hall–Kier alpha value is -6.92. The first-order valence-corrected chi connectivity index (χ1v) is 20.5. The molecule has 2 heteroatoms. The molecule has 0 saturated heterocycles. The molecular formula is C52H35NSi. The fourth-order valence-corrected chi connectivity index (χ4v) is 12.3. The second kappa shape index (κ2) is 13.2. The number of para-hydroxylation sites is 2. The van der Waals surface area contributed by atoms with Crippen molar-refractivity contribution in [3.63, 3.8) is 0 Å². The van der Waals surface area contributed by atoms with Crippen LogP contribution in [0, 0.1) is 11.5 Å². The first-order valence-electron chi connectivity index (χ1n) is 18.5. The van der Waals surface area contributed by atoms with Crippen LogP contribution in [0.1, 0.15) is 5.56 Å². The first kappa shape index (κ1) is 31.8. The average Bonchev–Trinajstić information content (AvgIpc) is 3.59. The van der Waals surface area contributed by atoms with Gasteiger partial charge in [-0.3, -0.25) is 0 Å². The van der Waals surface area contributed by atoms with E-state index in [0.29, 0.717) is 0 Å². The highest BCUT2D eigenvalue weighted by Gasteiger charge is 2.38. The van der Waals surface area contributed by atoms with E-state index in [4.69, 9.17) is 0 Å². The van der Waals surface area contributed by atoms with Crippen molar-refractivity contribution >= 4 is 67.0 Å². The lowest BCUT2D eigenvalue weighted by Crippen LogP contribution is -2.66. The summed E-state index contributed by atoms with van der Waals surface area (Å²) >= 11 is 0. The summed E-state index contributed by atoms with van der Waals surface area (Å²) in [5.41, 5.74) is 11.1. The van der Waals surface area contributed by atoms with E-state index in [-0.39, 0.29) is 0 Å². The third-order valence-electron chi connectivity index (χ3n) is 10.9. The van der Waals surface area contributed by atoms with Crippen LogP contribution in [0.3, 0.4) is 0 Å². The molecule has 1 nitrogen and oxygen atoms in total. The van der Waals surface area contributed by atoms with Crippen LogP contribution in [0.4, 0.5) is 0 Å². The maximum Gasteiger partial charge on any atom is 0.230 e. The molecule has 0 N–H and O–H groups in total. The van der Waals surface area contributed by atoms with Gasteiger partial charge in [-0.2, -0.15) is 0 Å². The molecule has 1 heterocycles. The third kappa shape index (κ3) is 5.10. The van der Waals surface area contributed by atoms with E-state index < -0.39 is 8.07 Å². The van der Waals surface area contributed by atoms with Crippen molar-refractivity contribution in [3.05, 3.63) is 218 Å². The standard InChI is InChI=1S/C52H35NSi/c1-4-21-40(22-5-1)54(41-23-6-2-7-24-41,42-25-8-3-9-26-42)36-35-45-43-27-10-12-31-48(43)52(49-32-13-11-28-44(45)49)38-19-18-20-39(37-38)53-50-33-16-14-29-46(50)47-30-15-17-34-51(47)53/h1-34,37H. The van der Waals surface area contributed by atoms with Crippen molar-refractivity contribution in [1.29, 1.82) is 0 Å².